The molecule has 0 N–H and O–H groups in total. The fourth-order valence-electron chi connectivity index (χ4n) is 3.31. The predicted octanol–water partition coefficient (Wildman–Crippen LogP) is 4.54. The molecule has 1 saturated heterocycles. The molecule has 20 heavy (non-hydrogen) atoms. The Bertz CT molecular complexity index is 209. The van der Waals surface area contributed by atoms with E-state index in [0.29, 0.717) is 0 Å². The predicted molar refractivity (Wildman–Crippen MR) is 90.4 cm³/mol. The van der Waals surface area contributed by atoms with Crippen LogP contribution in [0, 0.1) is 0 Å². The van der Waals surface area contributed by atoms with E-state index in [1.165, 1.54) is 90.4 Å². The minimum Gasteiger partial charge on any atom is -0.304 e. The molecule has 0 bridgehead atoms. The van der Waals surface area contributed by atoms with Crippen molar-refractivity contribution >= 4 is 0 Å². The molecule has 0 aromatic carbocycles. The highest BCUT2D eigenvalue weighted by Crippen LogP contribution is 2.19. The Balaban J connectivity index is 2.27. The highest BCUT2D eigenvalue weighted by atomic mass is 15.3. The average Bonchev–Trinajstić information content (AvgIpc) is 2.46. The van der Waals surface area contributed by atoms with Crippen molar-refractivity contribution in [3.63, 3.8) is 0 Å². The van der Waals surface area contributed by atoms with Gasteiger partial charge in [0.05, 0.1) is 0 Å². The molecule has 0 aromatic rings. The van der Waals surface area contributed by atoms with E-state index in [9.17, 15) is 0 Å². The van der Waals surface area contributed by atoms with E-state index in [2.05, 4.69) is 30.7 Å². The molecule has 2 nitrogen and oxygen atoms in total. The van der Waals surface area contributed by atoms with Gasteiger partial charge in [0.2, 0.25) is 0 Å². The fraction of sp³-hybridized carbons (Fsp3) is 1.00. The Labute approximate surface area is 127 Å². The minimum absolute atomic E-state index is 0.872. The van der Waals surface area contributed by atoms with Crippen LogP contribution in [0.4, 0.5) is 0 Å². The molecule has 0 radical (unpaired) electrons. The van der Waals surface area contributed by atoms with Gasteiger partial charge in [-0.3, -0.25) is 4.90 Å². The standard InChI is InChI=1S/C18H38N2/c1-4-6-8-9-11-13-18(12-10-7-5-2)20-16-14-19(3)15-17-20/h18H,4-17H2,1-3H3. The quantitative estimate of drug-likeness (QED) is 0.513. The molecule has 0 aliphatic carbocycles. The Morgan fingerprint density at radius 3 is 1.80 bits per heavy atom. The largest absolute Gasteiger partial charge is 0.304 e. The maximum Gasteiger partial charge on any atom is 0.0113 e. The SMILES string of the molecule is CCCCCCCC(CCCCC)N1CCN(C)CC1. The summed E-state index contributed by atoms with van der Waals surface area (Å²) in [5.74, 6) is 0. The van der Waals surface area contributed by atoms with E-state index in [1.54, 1.807) is 0 Å². The summed E-state index contributed by atoms with van der Waals surface area (Å²) in [4.78, 5) is 5.26. The normalized spacial score (nSPS) is 19.4. The smallest absolute Gasteiger partial charge is 0.0113 e. The first kappa shape index (κ1) is 18.0. The zero-order valence-corrected chi connectivity index (χ0v) is 14.4. The Kier molecular flexibility index (Phi) is 10.4. The van der Waals surface area contributed by atoms with Crippen molar-refractivity contribution < 1.29 is 0 Å². The summed E-state index contributed by atoms with van der Waals surface area (Å²) >= 11 is 0. The molecule has 1 rings (SSSR count). The molecular weight excluding hydrogens is 244 g/mol. The lowest BCUT2D eigenvalue weighted by Crippen LogP contribution is -2.49. The molecule has 1 fully saturated rings. The van der Waals surface area contributed by atoms with Gasteiger partial charge < -0.3 is 4.90 Å². The molecule has 1 heterocycles. The summed E-state index contributed by atoms with van der Waals surface area (Å²) in [5, 5.41) is 0. The van der Waals surface area contributed by atoms with Crippen molar-refractivity contribution in [2.24, 2.45) is 0 Å². The molecule has 1 aliphatic rings. The van der Waals surface area contributed by atoms with Crippen LogP contribution in [-0.4, -0.2) is 49.1 Å². The number of hydrogen-bond acceptors (Lipinski definition) is 2. The molecule has 0 spiro atoms. The first-order chi connectivity index (χ1) is 9.77. The number of likely N-dealkylation sites (N-methyl/N-ethyl adjacent to an activating group) is 1. The lowest BCUT2D eigenvalue weighted by molar-refractivity contribution is 0.0990. The third kappa shape index (κ3) is 7.64. The van der Waals surface area contributed by atoms with Crippen LogP contribution in [0.2, 0.25) is 0 Å². The third-order valence-corrected chi connectivity index (χ3v) is 4.84. The van der Waals surface area contributed by atoms with Gasteiger partial charge in [-0.1, -0.05) is 65.2 Å². The molecule has 0 saturated carbocycles. The molecular formula is C18H38N2. The van der Waals surface area contributed by atoms with Crippen molar-refractivity contribution in [1.29, 1.82) is 0 Å². The van der Waals surface area contributed by atoms with Gasteiger partial charge in [-0.05, 0) is 19.9 Å². The van der Waals surface area contributed by atoms with Gasteiger partial charge in [0.15, 0.2) is 0 Å². The summed E-state index contributed by atoms with van der Waals surface area (Å²) in [6, 6.07) is 0.872. The van der Waals surface area contributed by atoms with Crippen LogP contribution in [0.15, 0.2) is 0 Å². The molecule has 1 atom stereocenters. The highest BCUT2D eigenvalue weighted by molar-refractivity contribution is 4.77. The zero-order chi connectivity index (χ0) is 14.6. The third-order valence-electron chi connectivity index (χ3n) is 4.84. The Morgan fingerprint density at radius 2 is 1.20 bits per heavy atom. The second-order valence-corrected chi connectivity index (χ2v) is 6.69. The van der Waals surface area contributed by atoms with Crippen molar-refractivity contribution in [3.8, 4) is 0 Å². The van der Waals surface area contributed by atoms with Gasteiger partial charge >= 0.3 is 0 Å². The number of nitrogens with zero attached hydrogens (tertiary/aromatic N) is 2. The molecule has 0 aromatic heterocycles. The van der Waals surface area contributed by atoms with Crippen molar-refractivity contribution in [1.82, 2.24) is 9.80 Å². The van der Waals surface area contributed by atoms with E-state index in [-0.39, 0.29) is 0 Å². The van der Waals surface area contributed by atoms with Crippen LogP contribution >= 0.6 is 0 Å². The summed E-state index contributed by atoms with van der Waals surface area (Å²) in [5.41, 5.74) is 0. The topological polar surface area (TPSA) is 6.48 Å². The van der Waals surface area contributed by atoms with Crippen LogP contribution in [0.1, 0.15) is 78.1 Å². The van der Waals surface area contributed by atoms with E-state index in [1.807, 2.05) is 0 Å². The number of piperazine rings is 1. The molecule has 0 amide bonds. The molecule has 1 unspecified atom stereocenters. The van der Waals surface area contributed by atoms with Crippen molar-refractivity contribution in [2.45, 2.75) is 84.1 Å². The van der Waals surface area contributed by atoms with E-state index >= 15 is 0 Å². The second kappa shape index (κ2) is 11.6. The average molecular weight is 283 g/mol. The van der Waals surface area contributed by atoms with Gasteiger partial charge in [0.25, 0.3) is 0 Å². The van der Waals surface area contributed by atoms with Crippen LogP contribution in [0.5, 0.6) is 0 Å². The number of rotatable bonds is 11. The first-order valence-electron chi connectivity index (χ1n) is 9.20. The number of hydrogen-bond donors (Lipinski definition) is 0. The lowest BCUT2D eigenvalue weighted by atomic mass is 9.99. The van der Waals surface area contributed by atoms with Gasteiger partial charge in [-0.25, -0.2) is 0 Å². The summed E-state index contributed by atoms with van der Waals surface area (Å²) in [6.45, 7) is 9.73. The lowest BCUT2D eigenvalue weighted by Gasteiger charge is -2.38. The van der Waals surface area contributed by atoms with Gasteiger partial charge in [0, 0.05) is 32.2 Å². The van der Waals surface area contributed by atoms with Gasteiger partial charge in [-0.2, -0.15) is 0 Å². The monoisotopic (exact) mass is 282 g/mol. The molecule has 1 aliphatic heterocycles. The Morgan fingerprint density at radius 1 is 0.700 bits per heavy atom. The van der Waals surface area contributed by atoms with Gasteiger partial charge in [-0.15, -0.1) is 0 Å². The van der Waals surface area contributed by atoms with Crippen LogP contribution in [0.25, 0.3) is 0 Å². The van der Waals surface area contributed by atoms with Gasteiger partial charge in [0.1, 0.15) is 0 Å². The molecule has 120 valence electrons. The summed E-state index contributed by atoms with van der Waals surface area (Å²) < 4.78 is 0. The van der Waals surface area contributed by atoms with Crippen LogP contribution in [0.3, 0.4) is 0 Å². The zero-order valence-electron chi connectivity index (χ0n) is 14.4. The second-order valence-electron chi connectivity index (χ2n) is 6.69. The van der Waals surface area contributed by atoms with Crippen molar-refractivity contribution in [2.75, 3.05) is 33.2 Å². The fourth-order valence-corrected chi connectivity index (χ4v) is 3.31. The van der Waals surface area contributed by atoms with Crippen LogP contribution < -0.4 is 0 Å². The number of unbranched alkanes of at least 4 members (excludes halogenated alkanes) is 6. The first-order valence-corrected chi connectivity index (χ1v) is 9.20. The van der Waals surface area contributed by atoms with Crippen LogP contribution in [-0.2, 0) is 0 Å². The highest BCUT2D eigenvalue weighted by Gasteiger charge is 2.21. The minimum atomic E-state index is 0.872. The van der Waals surface area contributed by atoms with E-state index in [0.717, 1.165) is 6.04 Å². The van der Waals surface area contributed by atoms with Crippen molar-refractivity contribution in [3.05, 3.63) is 0 Å². The maximum atomic E-state index is 2.79. The summed E-state index contributed by atoms with van der Waals surface area (Å²) in [7, 11) is 2.26. The summed E-state index contributed by atoms with van der Waals surface area (Å²) in [6.07, 6.45) is 14.2. The molecule has 2 heteroatoms. The van der Waals surface area contributed by atoms with E-state index < -0.39 is 0 Å². The van der Waals surface area contributed by atoms with E-state index in [4.69, 9.17) is 0 Å². The Hall–Kier alpha value is -0.0800. The maximum absolute atomic E-state index is 2.79.